The number of aromatic nitrogens is 1. The number of aliphatic carboxylic acids is 1. The number of pyridine rings is 1. The molecule has 0 spiro atoms. The summed E-state index contributed by atoms with van der Waals surface area (Å²) < 4.78 is 5.09. The van der Waals surface area contributed by atoms with Crippen molar-refractivity contribution < 1.29 is 19.4 Å². The lowest BCUT2D eigenvalue weighted by Gasteiger charge is -2.21. The van der Waals surface area contributed by atoms with Gasteiger partial charge in [0, 0.05) is 11.1 Å². The summed E-state index contributed by atoms with van der Waals surface area (Å²) in [7, 11) is 0. The summed E-state index contributed by atoms with van der Waals surface area (Å²) in [6.07, 6.45) is -0.748. The van der Waals surface area contributed by atoms with E-state index < -0.39 is 23.7 Å². The SMILES string of the molecule is CC(C)(C)OC(=O)NC(CSc1ccc2ccccc2n1)C(=O)O. The van der Waals surface area contributed by atoms with Crippen molar-refractivity contribution in [2.75, 3.05) is 5.75 Å². The Hall–Kier alpha value is -2.28. The molecule has 0 aliphatic heterocycles. The van der Waals surface area contributed by atoms with E-state index in [1.54, 1.807) is 20.8 Å². The molecule has 0 fully saturated rings. The Morgan fingerprint density at radius 1 is 1.25 bits per heavy atom. The van der Waals surface area contributed by atoms with Crippen LogP contribution in [0, 0.1) is 0 Å². The molecule has 1 amide bonds. The summed E-state index contributed by atoms with van der Waals surface area (Å²) in [5.41, 5.74) is 0.162. The number of carbonyl (C=O) groups is 2. The average molecular weight is 348 g/mol. The van der Waals surface area contributed by atoms with Crippen molar-refractivity contribution in [1.29, 1.82) is 0 Å². The van der Waals surface area contributed by atoms with Gasteiger partial charge in [-0.2, -0.15) is 0 Å². The van der Waals surface area contributed by atoms with E-state index in [-0.39, 0.29) is 5.75 Å². The van der Waals surface area contributed by atoms with Crippen LogP contribution >= 0.6 is 11.8 Å². The Labute approximate surface area is 144 Å². The molecule has 0 bridgehead atoms. The van der Waals surface area contributed by atoms with Crippen LogP contribution < -0.4 is 5.32 Å². The second-order valence-electron chi connectivity index (χ2n) is 6.19. The lowest BCUT2D eigenvalue weighted by molar-refractivity contribution is -0.138. The summed E-state index contributed by atoms with van der Waals surface area (Å²) in [5.74, 6) is -0.964. The van der Waals surface area contributed by atoms with Crippen LogP contribution in [-0.4, -0.2) is 39.5 Å². The Bertz CT molecular complexity index is 743. The van der Waals surface area contributed by atoms with Crippen LogP contribution in [0.5, 0.6) is 0 Å². The van der Waals surface area contributed by atoms with Gasteiger partial charge in [-0.15, -0.1) is 11.8 Å². The molecule has 2 aromatic rings. The molecule has 2 rings (SSSR count). The van der Waals surface area contributed by atoms with E-state index in [1.807, 2.05) is 36.4 Å². The first-order valence-electron chi connectivity index (χ1n) is 7.45. The summed E-state index contributed by atoms with van der Waals surface area (Å²) >= 11 is 1.27. The summed E-state index contributed by atoms with van der Waals surface area (Å²) in [6, 6.07) is 10.4. The highest BCUT2D eigenvalue weighted by molar-refractivity contribution is 7.99. The Kier molecular flexibility index (Phi) is 5.66. The highest BCUT2D eigenvalue weighted by Gasteiger charge is 2.24. The normalized spacial score (nSPS) is 12.6. The van der Waals surface area contributed by atoms with E-state index in [0.717, 1.165) is 10.9 Å². The molecule has 2 N–H and O–H groups in total. The van der Waals surface area contributed by atoms with Crippen LogP contribution in [0.3, 0.4) is 0 Å². The number of hydrogen-bond donors (Lipinski definition) is 2. The van der Waals surface area contributed by atoms with Crippen LogP contribution in [0.4, 0.5) is 4.79 Å². The number of nitrogens with one attached hydrogen (secondary N) is 1. The second kappa shape index (κ2) is 7.53. The highest BCUT2D eigenvalue weighted by Crippen LogP contribution is 2.20. The standard InChI is InChI=1S/C17H20N2O4S/c1-17(2,3)23-16(22)19-13(15(20)21)10-24-14-9-8-11-6-4-5-7-12(11)18-14/h4-9,13H,10H2,1-3H3,(H,19,22)(H,20,21). The zero-order valence-corrected chi connectivity index (χ0v) is 14.6. The van der Waals surface area contributed by atoms with E-state index in [9.17, 15) is 14.7 Å². The number of nitrogens with zero attached hydrogens (tertiary/aromatic N) is 1. The minimum absolute atomic E-state index is 0.153. The number of thioether (sulfide) groups is 1. The largest absolute Gasteiger partial charge is 0.480 e. The van der Waals surface area contributed by atoms with Gasteiger partial charge >= 0.3 is 12.1 Å². The number of alkyl carbamates (subject to hydrolysis) is 1. The molecule has 24 heavy (non-hydrogen) atoms. The first-order valence-corrected chi connectivity index (χ1v) is 8.44. The fourth-order valence-electron chi connectivity index (χ4n) is 1.92. The molecule has 1 atom stereocenters. The number of carboxylic acid groups (broad SMARTS) is 1. The third-order valence-electron chi connectivity index (χ3n) is 2.96. The zero-order chi connectivity index (χ0) is 17.7. The average Bonchev–Trinajstić information content (AvgIpc) is 2.49. The fraction of sp³-hybridized carbons (Fsp3) is 0.353. The minimum Gasteiger partial charge on any atom is -0.480 e. The summed E-state index contributed by atoms with van der Waals surface area (Å²) in [6.45, 7) is 5.16. The third-order valence-corrected chi connectivity index (χ3v) is 3.98. The number of ether oxygens (including phenoxy) is 1. The molecule has 128 valence electrons. The minimum atomic E-state index is -1.12. The van der Waals surface area contributed by atoms with Gasteiger partial charge < -0.3 is 15.2 Å². The molecule has 6 nitrogen and oxygen atoms in total. The van der Waals surface area contributed by atoms with Crippen LogP contribution in [0.2, 0.25) is 0 Å². The monoisotopic (exact) mass is 348 g/mol. The van der Waals surface area contributed by atoms with Gasteiger partial charge in [-0.05, 0) is 32.9 Å². The van der Waals surface area contributed by atoms with E-state index in [4.69, 9.17) is 4.74 Å². The van der Waals surface area contributed by atoms with Crippen LogP contribution in [0.15, 0.2) is 41.4 Å². The zero-order valence-electron chi connectivity index (χ0n) is 13.8. The Morgan fingerprint density at radius 2 is 1.96 bits per heavy atom. The van der Waals surface area contributed by atoms with E-state index >= 15 is 0 Å². The van der Waals surface area contributed by atoms with E-state index in [2.05, 4.69) is 10.3 Å². The van der Waals surface area contributed by atoms with Crippen molar-refractivity contribution in [2.45, 2.75) is 37.4 Å². The molecule has 0 radical (unpaired) electrons. The molecule has 0 aliphatic carbocycles. The highest BCUT2D eigenvalue weighted by atomic mass is 32.2. The van der Waals surface area contributed by atoms with Gasteiger partial charge in [0.1, 0.15) is 11.6 Å². The predicted octanol–water partition coefficient (Wildman–Crippen LogP) is 3.30. The van der Waals surface area contributed by atoms with Crippen molar-refractivity contribution in [3.8, 4) is 0 Å². The molecular formula is C17H20N2O4S. The predicted molar refractivity (Wildman–Crippen MR) is 93.3 cm³/mol. The number of para-hydroxylation sites is 1. The quantitative estimate of drug-likeness (QED) is 0.806. The lowest BCUT2D eigenvalue weighted by atomic mass is 10.2. The Morgan fingerprint density at radius 3 is 2.62 bits per heavy atom. The number of carboxylic acids is 1. The molecule has 1 heterocycles. The van der Waals surface area contributed by atoms with Gasteiger partial charge in [-0.1, -0.05) is 24.3 Å². The number of fused-ring (bicyclic) bond motifs is 1. The number of hydrogen-bond acceptors (Lipinski definition) is 5. The number of carbonyl (C=O) groups excluding carboxylic acids is 1. The van der Waals surface area contributed by atoms with E-state index in [0.29, 0.717) is 5.03 Å². The summed E-state index contributed by atoms with van der Waals surface area (Å²) in [4.78, 5) is 27.5. The number of amides is 1. The van der Waals surface area contributed by atoms with Gasteiger partial charge in [0.2, 0.25) is 0 Å². The maximum atomic E-state index is 11.7. The topological polar surface area (TPSA) is 88.5 Å². The molecule has 1 aromatic heterocycles. The van der Waals surface area contributed by atoms with Crippen LogP contribution in [-0.2, 0) is 9.53 Å². The first-order chi connectivity index (χ1) is 11.2. The molecular weight excluding hydrogens is 328 g/mol. The summed E-state index contributed by atoms with van der Waals surface area (Å²) in [5, 5.41) is 13.4. The molecule has 1 aromatic carbocycles. The van der Waals surface area contributed by atoms with E-state index in [1.165, 1.54) is 11.8 Å². The molecule has 0 saturated heterocycles. The van der Waals surface area contributed by atoms with Crippen molar-refractivity contribution in [2.24, 2.45) is 0 Å². The van der Waals surface area contributed by atoms with Gasteiger partial charge in [-0.3, -0.25) is 0 Å². The van der Waals surface area contributed by atoms with Gasteiger partial charge in [0.05, 0.1) is 10.5 Å². The van der Waals surface area contributed by atoms with Crippen molar-refractivity contribution in [3.05, 3.63) is 36.4 Å². The van der Waals surface area contributed by atoms with Gasteiger partial charge in [-0.25, -0.2) is 14.6 Å². The third kappa shape index (κ3) is 5.42. The number of benzene rings is 1. The second-order valence-corrected chi connectivity index (χ2v) is 7.23. The van der Waals surface area contributed by atoms with Gasteiger partial charge in [0.15, 0.2) is 0 Å². The van der Waals surface area contributed by atoms with Crippen molar-refractivity contribution >= 4 is 34.7 Å². The van der Waals surface area contributed by atoms with Crippen LogP contribution in [0.1, 0.15) is 20.8 Å². The van der Waals surface area contributed by atoms with Crippen LogP contribution in [0.25, 0.3) is 10.9 Å². The van der Waals surface area contributed by atoms with Crippen molar-refractivity contribution in [3.63, 3.8) is 0 Å². The Balaban J connectivity index is 1.99. The number of rotatable bonds is 5. The molecule has 1 unspecified atom stereocenters. The maximum Gasteiger partial charge on any atom is 0.408 e. The van der Waals surface area contributed by atoms with Crippen molar-refractivity contribution in [1.82, 2.24) is 10.3 Å². The maximum absolute atomic E-state index is 11.7. The molecule has 7 heteroatoms. The smallest absolute Gasteiger partial charge is 0.408 e. The lowest BCUT2D eigenvalue weighted by Crippen LogP contribution is -2.44. The van der Waals surface area contributed by atoms with Gasteiger partial charge in [0.25, 0.3) is 0 Å². The fourth-order valence-corrected chi connectivity index (χ4v) is 2.81. The molecule has 0 aliphatic rings. The first kappa shape index (κ1) is 18.1. The molecule has 0 saturated carbocycles.